The van der Waals surface area contributed by atoms with Crippen LogP contribution in [0, 0.1) is 6.92 Å². The minimum atomic E-state index is -0.545. The van der Waals surface area contributed by atoms with Crippen LogP contribution in [0.4, 0.5) is 5.69 Å². The molecule has 168 valence electrons. The van der Waals surface area contributed by atoms with Crippen LogP contribution in [0.15, 0.2) is 39.8 Å². The lowest BCUT2D eigenvalue weighted by Crippen LogP contribution is -2.33. The van der Waals surface area contributed by atoms with Crippen LogP contribution >= 0.6 is 11.8 Å². The molecule has 9 nitrogen and oxygen atoms in total. The van der Waals surface area contributed by atoms with Gasteiger partial charge in [0.2, 0.25) is 5.91 Å². The molecule has 1 atom stereocenters. The molecule has 2 amide bonds. The third kappa shape index (κ3) is 5.56. The topological polar surface area (TPSA) is 114 Å². The Morgan fingerprint density at radius 3 is 2.81 bits per heavy atom. The number of nitrogens with one attached hydrogen (secondary N) is 1. The molecule has 10 heteroatoms. The van der Waals surface area contributed by atoms with Gasteiger partial charge in [-0.15, -0.1) is 0 Å². The van der Waals surface area contributed by atoms with Gasteiger partial charge in [-0.05, 0) is 44.4 Å². The van der Waals surface area contributed by atoms with Crippen molar-refractivity contribution in [3.8, 4) is 0 Å². The number of hydrogen-bond donors (Lipinski definition) is 1. The number of likely N-dealkylation sites (tertiary alicyclic amines) is 1. The van der Waals surface area contributed by atoms with Crippen LogP contribution in [0.1, 0.15) is 47.5 Å². The van der Waals surface area contributed by atoms with E-state index in [1.165, 1.54) is 24.2 Å². The minimum Gasteiger partial charge on any atom is -0.454 e. The lowest BCUT2D eigenvalue weighted by molar-refractivity contribution is -0.121. The smallest absolute Gasteiger partial charge is 0.338 e. The van der Waals surface area contributed by atoms with Gasteiger partial charge in [0.05, 0.1) is 11.3 Å². The van der Waals surface area contributed by atoms with Crippen LogP contribution in [-0.4, -0.2) is 51.3 Å². The first-order chi connectivity index (χ1) is 15.5. The predicted octanol–water partition coefficient (Wildman–Crippen LogP) is 3.15. The molecule has 1 N–H and O–H groups in total. The summed E-state index contributed by atoms with van der Waals surface area (Å²) in [6.07, 6.45) is 3.40. The molecule has 1 fully saturated rings. The number of aryl methyl sites for hydroxylation is 1. The van der Waals surface area contributed by atoms with Crippen LogP contribution in [0.3, 0.4) is 0 Å². The van der Waals surface area contributed by atoms with Gasteiger partial charge in [0.25, 0.3) is 5.91 Å². The molecule has 3 heterocycles. The van der Waals surface area contributed by atoms with E-state index in [4.69, 9.17) is 9.26 Å². The van der Waals surface area contributed by atoms with E-state index in [0.717, 1.165) is 31.1 Å². The largest absolute Gasteiger partial charge is 0.454 e. The lowest BCUT2D eigenvalue weighted by Gasteiger charge is -2.27. The number of nitrogens with zero attached hydrogens (tertiary/aromatic N) is 3. The Kier molecular flexibility index (Phi) is 6.89. The average Bonchev–Trinajstić information content (AvgIpc) is 3.38. The number of aromatic nitrogens is 1. The number of piperidine rings is 1. The van der Waals surface area contributed by atoms with Gasteiger partial charge in [-0.2, -0.15) is 4.99 Å². The molecule has 0 spiro atoms. The Morgan fingerprint density at radius 2 is 2.06 bits per heavy atom. The summed E-state index contributed by atoms with van der Waals surface area (Å²) in [5.74, 6) is -0.680. The highest BCUT2D eigenvalue weighted by Crippen LogP contribution is 2.29. The van der Waals surface area contributed by atoms with E-state index in [1.807, 2.05) is 0 Å². The van der Waals surface area contributed by atoms with Gasteiger partial charge in [0.15, 0.2) is 17.5 Å². The van der Waals surface area contributed by atoms with E-state index in [0.29, 0.717) is 22.7 Å². The number of aliphatic imine (C=N–C) groups is 1. The number of anilines is 1. The van der Waals surface area contributed by atoms with Crippen LogP contribution in [-0.2, 0) is 20.9 Å². The summed E-state index contributed by atoms with van der Waals surface area (Å²) < 4.78 is 10.2. The maximum absolute atomic E-state index is 12.5. The summed E-state index contributed by atoms with van der Waals surface area (Å²) in [6, 6.07) is 8.14. The Bertz CT molecular complexity index is 1040. The second-order valence-corrected chi connectivity index (χ2v) is 8.90. The van der Waals surface area contributed by atoms with Crippen molar-refractivity contribution in [2.24, 2.45) is 4.99 Å². The Morgan fingerprint density at radius 1 is 1.25 bits per heavy atom. The lowest BCUT2D eigenvalue weighted by atomic mass is 10.1. The van der Waals surface area contributed by atoms with Crippen molar-refractivity contribution in [2.45, 2.75) is 44.5 Å². The van der Waals surface area contributed by atoms with E-state index in [-0.39, 0.29) is 24.8 Å². The highest BCUT2D eigenvalue weighted by Gasteiger charge is 2.33. The standard InChI is InChI=1S/C22H24N4O5S/c1-14-10-17(31-25-14)13-30-21(29)15-6-5-7-16(11-15)23-19(27)12-18-20(28)24-22(32-18)26-8-3-2-4-9-26/h5-7,10-11,18H,2-4,8-9,12-13H2,1H3,(H,23,27). The first-order valence-electron chi connectivity index (χ1n) is 10.5. The van der Waals surface area contributed by atoms with E-state index in [9.17, 15) is 14.4 Å². The van der Waals surface area contributed by atoms with Crippen LogP contribution in [0.25, 0.3) is 0 Å². The summed E-state index contributed by atoms with van der Waals surface area (Å²) in [4.78, 5) is 43.4. The first-order valence-corrected chi connectivity index (χ1v) is 11.4. The molecule has 32 heavy (non-hydrogen) atoms. The van der Waals surface area contributed by atoms with Crippen LogP contribution < -0.4 is 5.32 Å². The molecule has 2 aliphatic heterocycles. The summed E-state index contributed by atoms with van der Waals surface area (Å²) in [5.41, 5.74) is 1.45. The number of amidine groups is 1. The molecule has 1 saturated heterocycles. The number of thioether (sulfide) groups is 1. The quantitative estimate of drug-likeness (QED) is 0.660. The monoisotopic (exact) mass is 456 g/mol. The van der Waals surface area contributed by atoms with Crippen molar-refractivity contribution < 1.29 is 23.6 Å². The number of esters is 1. The van der Waals surface area contributed by atoms with Gasteiger partial charge in [-0.3, -0.25) is 9.59 Å². The minimum absolute atomic E-state index is 0.0177. The molecule has 1 aromatic heterocycles. The molecule has 0 bridgehead atoms. The molecule has 1 aromatic carbocycles. The molecule has 0 saturated carbocycles. The third-order valence-electron chi connectivity index (χ3n) is 5.13. The number of hydrogen-bond acceptors (Lipinski definition) is 8. The number of carbonyl (C=O) groups is 3. The van der Waals surface area contributed by atoms with Crippen molar-refractivity contribution in [1.82, 2.24) is 10.1 Å². The number of ether oxygens (including phenoxy) is 1. The molecule has 0 radical (unpaired) electrons. The van der Waals surface area contributed by atoms with E-state index in [2.05, 4.69) is 20.4 Å². The first kappa shape index (κ1) is 22.1. The second-order valence-electron chi connectivity index (χ2n) is 7.73. The number of rotatable bonds is 6. The number of benzene rings is 1. The van der Waals surface area contributed by atoms with Crippen molar-refractivity contribution in [2.75, 3.05) is 18.4 Å². The normalized spacial score (nSPS) is 18.4. The van der Waals surface area contributed by atoms with Gasteiger partial charge in [-0.25, -0.2) is 4.79 Å². The molecule has 2 aliphatic rings. The summed E-state index contributed by atoms with van der Waals surface area (Å²) >= 11 is 1.36. The zero-order valence-electron chi connectivity index (χ0n) is 17.7. The third-order valence-corrected chi connectivity index (χ3v) is 6.34. The summed E-state index contributed by atoms with van der Waals surface area (Å²) in [7, 11) is 0. The summed E-state index contributed by atoms with van der Waals surface area (Å²) in [5, 5.41) is 6.69. The van der Waals surface area contributed by atoms with Gasteiger partial charge in [-0.1, -0.05) is 23.0 Å². The van der Waals surface area contributed by atoms with E-state index in [1.54, 1.807) is 31.2 Å². The van der Waals surface area contributed by atoms with Gasteiger partial charge >= 0.3 is 5.97 Å². The van der Waals surface area contributed by atoms with Gasteiger partial charge in [0.1, 0.15) is 5.25 Å². The molecular formula is C22H24N4O5S. The van der Waals surface area contributed by atoms with E-state index >= 15 is 0 Å². The van der Waals surface area contributed by atoms with Crippen LogP contribution in [0.2, 0.25) is 0 Å². The van der Waals surface area contributed by atoms with Crippen molar-refractivity contribution in [1.29, 1.82) is 0 Å². The Labute approximate surface area is 189 Å². The zero-order valence-corrected chi connectivity index (χ0v) is 18.5. The van der Waals surface area contributed by atoms with E-state index < -0.39 is 11.2 Å². The Balaban J connectivity index is 1.29. The zero-order chi connectivity index (χ0) is 22.5. The Hall–Kier alpha value is -3.14. The predicted molar refractivity (Wildman–Crippen MR) is 119 cm³/mol. The maximum Gasteiger partial charge on any atom is 0.338 e. The highest BCUT2D eigenvalue weighted by atomic mass is 32.2. The van der Waals surface area contributed by atoms with Gasteiger partial charge in [0, 0.05) is 31.3 Å². The number of carbonyl (C=O) groups excluding carboxylic acids is 3. The fourth-order valence-electron chi connectivity index (χ4n) is 3.54. The second kappa shape index (κ2) is 9.99. The molecule has 0 aliphatic carbocycles. The molecule has 4 rings (SSSR count). The fraction of sp³-hybridized carbons (Fsp3) is 0.409. The van der Waals surface area contributed by atoms with Crippen molar-refractivity contribution >= 4 is 40.4 Å². The van der Waals surface area contributed by atoms with Crippen molar-refractivity contribution in [3.63, 3.8) is 0 Å². The number of amides is 2. The average molecular weight is 457 g/mol. The summed E-state index contributed by atoms with van der Waals surface area (Å²) in [6.45, 7) is 3.55. The molecule has 1 unspecified atom stereocenters. The van der Waals surface area contributed by atoms with Crippen molar-refractivity contribution in [3.05, 3.63) is 47.3 Å². The molecule has 2 aromatic rings. The molecular weight excluding hydrogens is 432 g/mol. The highest BCUT2D eigenvalue weighted by molar-refractivity contribution is 8.15. The maximum atomic E-state index is 12.5. The fourth-order valence-corrected chi connectivity index (χ4v) is 4.66. The SMILES string of the molecule is Cc1cc(COC(=O)c2cccc(NC(=O)CC3SC(N4CCCCC4)=NC3=O)c2)on1. The van der Waals surface area contributed by atoms with Gasteiger partial charge < -0.3 is 19.5 Å². The van der Waals surface area contributed by atoms with Crippen LogP contribution in [0.5, 0.6) is 0 Å².